The van der Waals surface area contributed by atoms with E-state index in [1.807, 2.05) is 25.3 Å². The molecule has 13 unspecified atom stereocenters. The quantitative estimate of drug-likeness (QED) is 0.0663. The van der Waals surface area contributed by atoms with E-state index >= 15 is 4.79 Å². The molecule has 7 fully saturated rings. The molecule has 0 radical (unpaired) electrons. The number of phenols is 1. The summed E-state index contributed by atoms with van der Waals surface area (Å²) in [6.45, 7) is 3.12. The summed E-state index contributed by atoms with van der Waals surface area (Å²) in [4.78, 5) is 20.7. The third-order valence-electron chi connectivity index (χ3n) is 23.1. The molecule has 7 N–H and O–H groups in total. The molecule has 0 amide bonds. The van der Waals surface area contributed by atoms with Gasteiger partial charge < -0.3 is 50.0 Å². The van der Waals surface area contributed by atoms with Crippen molar-refractivity contribution in [1.82, 2.24) is 10.6 Å². The van der Waals surface area contributed by atoms with Crippen LogP contribution in [0.1, 0.15) is 185 Å². The van der Waals surface area contributed by atoms with Gasteiger partial charge in [0.15, 0.2) is 29.3 Å². The summed E-state index contributed by atoms with van der Waals surface area (Å²) in [7, 11) is 5.34. The highest BCUT2D eigenvalue weighted by Crippen LogP contribution is 2.67. The van der Waals surface area contributed by atoms with Gasteiger partial charge in [0.2, 0.25) is 11.7 Å². The molecule has 0 aromatic heterocycles. The van der Waals surface area contributed by atoms with Crippen molar-refractivity contribution in [2.24, 2.45) is 69.1 Å². The molecule has 2 aliphatic heterocycles. The Morgan fingerprint density at radius 1 is 0.927 bits per heavy atom. The Bertz CT molecular complexity index is 2780. The number of aromatic hydroxyl groups is 1. The smallest absolute Gasteiger partial charge is 0.207 e. The number of hydrogen-bond donors (Lipinski definition) is 7. The summed E-state index contributed by atoms with van der Waals surface area (Å²) < 4.78 is 27.2. The van der Waals surface area contributed by atoms with Crippen molar-refractivity contribution in [3.05, 3.63) is 53.6 Å². The van der Waals surface area contributed by atoms with Crippen LogP contribution in [0.3, 0.4) is 0 Å². The van der Waals surface area contributed by atoms with E-state index in [4.69, 9.17) is 23.9 Å². The summed E-state index contributed by atoms with van der Waals surface area (Å²) >= 11 is 0. The Kier molecular flexibility index (Phi) is 18.0. The van der Waals surface area contributed by atoms with Crippen LogP contribution in [0, 0.1) is 88.1 Å². The maximum absolute atomic E-state index is 15.9. The fourth-order valence-corrected chi connectivity index (χ4v) is 19.5. The fraction of sp³-hybridized carbons (Fsp3) is 0.710. The zero-order valence-electron chi connectivity index (χ0n) is 49.8. The Morgan fingerprint density at radius 2 is 1.74 bits per heavy atom. The number of guanidine groups is 1. The summed E-state index contributed by atoms with van der Waals surface area (Å²) in [6.07, 6.45) is 31.1. The topological polar surface area (TPSA) is 183 Å². The predicted molar refractivity (Wildman–Crippen MR) is 320 cm³/mol. The van der Waals surface area contributed by atoms with Crippen LogP contribution >= 0.6 is 0 Å². The molecule has 11 rings (SSSR count). The minimum atomic E-state index is -0.989. The van der Waals surface area contributed by atoms with E-state index in [0.717, 1.165) is 140 Å². The van der Waals surface area contributed by atoms with E-state index in [9.17, 15) is 20.4 Å². The molecule has 4 bridgehead atoms. The van der Waals surface area contributed by atoms with Crippen LogP contribution in [0.25, 0.3) is 0 Å². The number of benzene rings is 2. The second-order valence-electron chi connectivity index (χ2n) is 27.1. The molecule has 7 aliphatic carbocycles. The number of ether oxygens (including phenoxy) is 4. The van der Waals surface area contributed by atoms with Crippen LogP contribution in [-0.4, -0.2) is 90.6 Å². The highest BCUT2D eigenvalue weighted by atomic mass is 16.6. The molecular formula is C69H96N4O9. The third-order valence-corrected chi connectivity index (χ3v) is 23.1. The molecule has 446 valence electrons. The molecule has 0 saturated heterocycles. The first-order valence-corrected chi connectivity index (χ1v) is 32.2. The number of nitrogens with one attached hydrogen (secondary N) is 3. The highest BCUT2D eigenvalue weighted by Gasteiger charge is 2.62. The van der Waals surface area contributed by atoms with Gasteiger partial charge in [0, 0.05) is 61.9 Å². The Hall–Kier alpha value is -4.76. The highest BCUT2D eigenvalue weighted by molar-refractivity contribution is 5.97. The van der Waals surface area contributed by atoms with Crippen LogP contribution in [0.2, 0.25) is 0 Å². The number of carbonyl (C=O) groups is 1. The lowest BCUT2D eigenvalue weighted by atomic mass is 9.45. The molecule has 13 heteroatoms. The number of hydrogen-bond acceptors (Lipinski definition) is 11. The first kappa shape index (κ1) is 59.0. The first-order valence-electron chi connectivity index (χ1n) is 32.2. The van der Waals surface area contributed by atoms with E-state index < -0.39 is 28.3 Å². The van der Waals surface area contributed by atoms with Crippen molar-refractivity contribution in [2.75, 3.05) is 46.3 Å². The van der Waals surface area contributed by atoms with E-state index in [1.54, 1.807) is 20.2 Å². The monoisotopic (exact) mass is 1120 g/mol. The first-order chi connectivity index (χ1) is 39.9. The number of allylic oxidation sites excluding steroid dienone is 2. The Balaban J connectivity index is 1.08. The molecule has 2 spiro atoms. The van der Waals surface area contributed by atoms with Crippen molar-refractivity contribution < 1.29 is 44.2 Å². The molecular weight excluding hydrogens is 1030 g/mol. The molecule has 2 aromatic rings. The lowest BCUT2D eigenvalue weighted by molar-refractivity contribution is -0.198. The molecule has 2 aromatic carbocycles. The van der Waals surface area contributed by atoms with Crippen LogP contribution < -0.4 is 30.2 Å². The predicted octanol–water partition coefficient (Wildman–Crippen LogP) is 11.5. The summed E-state index contributed by atoms with van der Waals surface area (Å²) in [6, 6.07) is 13.4. The maximum atomic E-state index is 15.9. The van der Waals surface area contributed by atoms with Gasteiger partial charge >= 0.3 is 0 Å². The van der Waals surface area contributed by atoms with E-state index in [2.05, 4.69) is 65.1 Å². The van der Waals surface area contributed by atoms with Crippen molar-refractivity contribution in [3.63, 3.8) is 0 Å². The van der Waals surface area contributed by atoms with Gasteiger partial charge in [-0.1, -0.05) is 88.7 Å². The molecule has 7 saturated carbocycles. The number of methoxy groups -OCH3 is 1. The minimum absolute atomic E-state index is 0.00123. The van der Waals surface area contributed by atoms with Crippen molar-refractivity contribution in [3.8, 4) is 47.0 Å². The van der Waals surface area contributed by atoms with Gasteiger partial charge in [-0.2, -0.15) is 0 Å². The van der Waals surface area contributed by atoms with Gasteiger partial charge in [0.25, 0.3) is 0 Å². The van der Waals surface area contributed by atoms with Crippen molar-refractivity contribution in [1.29, 1.82) is 0 Å². The van der Waals surface area contributed by atoms with Crippen LogP contribution in [0.15, 0.2) is 47.5 Å². The fourth-order valence-electron chi connectivity index (χ4n) is 19.5. The number of aliphatic imine (C=N–C) groups is 1. The maximum Gasteiger partial charge on any atom is 0.207 e. The van der Waals surface area contributed by atoms with E-state index in [1.165, 1.54) is 12.0 Å². The van der Waals surface area contributed by atoms with Gasteiger partial charge in [-0.3, -0.25) is 15.1 Å². The summed E-state index contributed by atoms with van der Waals surface area (Å²) in [5.41, 5.74) is 0.146. The number of anilines is 1. The molecule has 9 aliphatic rings. The number of rotatable bonds is 15. The normalized spacial score (nSPS) is 35.1. The lowest BCUT2D eigenvalue weighted by Gasteiger charge is -2.59. The largest absolute Gasteiger partial charge is 0.504 e. The van der Waals surface area contributed by atoms with Gasteiger partial charge in [0.1, 0.15) is 11.7 Å². The standard InChI is InChI=1S/C69H96N4O9/c1-5-46-19-21-51-52(17-14-34-74)54-18-12-30-69(54)50-40-57(73-64(71-3)72-33-13-16-49-15-11-29-68(49,61(77)24-22-55(69)53(51)37-46)42-47-20-23-58(76)59(38-47)79-4)63-60(41-50)81-67(45-70-2)43-48(39-62(78)82-66(31-35-75)27-9-10-28-66)56(44-67)65(32-36-80-63)25-7-6-8-26-65/h20,22-24,38,40-41,46,48-49,51-56,62,70,74-76,78H,5-12,14-19,21,25-31,34-35,37,39,42-45H2,1-4H3,(H2,71,72,73). The Labute approximate surface area is 489 Å². The van der Waals surface area contributed by atoms with E-state index in [-0.39, 0.29) is 59.8 Å². The number of likely N-dealkylation sites (N-methyl/N-ethyl adjacent to an activating group) is 1. The van der Waals surface area contributed by atoms with Crippen LogP contribution in [-0.2, 0) is 21.4 Å². The average molecular weight is 1130 g/mol. The van der Waals surface area contributed by atoms with Crippen molar-refractivity contribution in [2.45, 2.75) is 203 Å². The second-order valence-corrected chi connectivity index (χ2v) is 27.1. The van der Waals surface area contributed by atoms with Crippen LogP contribution in [0.4, 0.5) is 5.69 Å². The van der Waals surface area contributed by atoms with Crippen LogP contribution in [0.5, 0.6) is 23.0 Å². The zero-order valence-corrected chi connectivity index (χ0v) is 49.8. The summed E-state index contributed by atoms with van der Waals surface area (Å²) in [5, 5.41) is 54.3. The SMILES string of the molecule is CCC1CCC2C(C1)C1C=CC(=O)C3(Cc4ccc(O)c(OC)c4)CCCC3CC#CNC(=NC)Nc3cc(cc4c3OC#CC3(CCCCC3)C3CC(CNC)(CC3CC(O)OC3(CCO)CCCC3)O4)C13CCCC3C2CCCO. The molecule has 13 atom stereocenters. The number of carbonyl (C=O) groups excluding carboxylic acids is 1. The minimum Gasteiger partial charge on any atom is -0.504 e. The average Bonchev–Trinajstić information content (AvgIpc) is 4.49. The van der Waals surface area contributed by atoms with Gasteiger partial charge in [-0.05, 0) is 205 Å². The number of aliphatic hydroxyl groups excluding tert-OH is 3. The zero-order chi connectivity index (χ0) is 57.1. The number of phenolic OH excluding ortho intramolecular Hbond substituents is 1. The third kappa shape index (κ3) is 11.2. The van der Waals surface area contributed by atoms with E-state index in [0.29, 0.717) is 91.2 Å². The second kappa shape index (κ2) is 25.1. The summed E-state index contributed by atoms with van der Waals surface area (Å²) in [5.74, 6) is 11.8. The molecule has 82 heavy (non-hydrogen) atoms. The number of fused-ring (bicyclic) bond motifs is 10. The van der Waals surface area contributed by atoms with Gasteiger partial charge in [-0.25, -0.2) is 0 Å². The van der Waals surface area contributed by atoms with Crippen molar-refractivity contribution >= 4 is 17.4 Å². The number of aliphatic hydroxyl groups is 3. The molecule has 2 heterocycles. The van der Waals surface area contributed by atoms with Gasteiger partial charge in [0.05, 0.1) is 18.4 Å². The lowest BCUT2D eigenvalue weighted by Crippen LogP contribution is -2.55. The Morgan fingerprint density at radius 3 is 2.51 bits per heavy atom. The van der Waals surface area contributed by atoms with Gasteiger partial charge in [-0.15, -0.1) is 0 Å². The molecule has 13 nitrogen and oxygen atoms in total. The number of nitrogens with zero attached hydrogens (tertiary/aromatic N) is 1. The number of ketones is 1.